The average molecular weight is 255 g/mol. The van der Waals surface area contributed by atoms with Gasteiger partial charge in [-0.1, -0.05) is 13.3 Å². The van der Waals surface area contributed by atoms with Gasteiger partial charge in [0.05, 0.1) is 0 Å². The molecule has 18 heavy (non-hydrogen) atoms. The van der Waals surface area contributed by atoms with Crippen LogP contribution in [0.5, 0.6) is 0 Å². The van der Waals surface area contributed by atoms with Crippen LogP contribution in [-0.4, -0.2) is 63.7 Å². The Morgan fingerprint density at radius 2 is 1.94 bits per heavy atom. The summed E-state index contributed by atoms with van der Waals surface area (Å²) in [5.74, 6) is 0. The lowest BCUT2D eigenvalue weighted by Crippen LogP contribution is -2.47. The van der Waals surface area contributed by atoms with E-state index >= 15 is 0 Å². The Bertz CT molecular complexity index is 204. The molecular weight excluding hydrogens is 222 g/mol. The Hall–Kier alpha value is -0.120. The minimum atomic E-state index is 0.542. The van der Waals surface area contributed by atoms with E-state index < -0.39 is 0 Å². The van der Waals surface area contributed by atoms with Crippen molar-refractivity contribution in [2.75, 3.05) is 53.9 Å². The third kappa shape index (κ3) is 5.68. The Morgan fingerprint density at radius 3 is 2.50 bits per heavy atom. The highest BCUT2D eigenvalue weighted by Crippen LogP contribution is 2.32. The van der Waals surface area contributed by atoms with Gasteiger partial charge in [-0.05, 0) is 71.9 Å². The first-order valence-electron chi connectivity index (χ1n) is 7.62. The summed E-state index contributed by atoms with van der Waals surface area (Å²) >= 11 is 0. The monoisotopic (exact) mass is 255 g/mol. The van der Waals surface area contributed by atoms with E-state index in [0.717, 1.165) is 0 Å². The average Bonchev–Trinajstić information content (AvgIpc) is 2.29. The second-order valence-corrected chi connectivity index (χ2v) is 6.42. The van der Waals surface area contributed by atoms with Gasteiger partial charge >= 0.3 is 0 Å². The van der Waals surface area contributed by atoms with Gasteiger partial charge in [0.1, 0.15) is 0 Å². The smallest absolute Gasteiger partial charge is 0.00471 e. The molecule has 1 rings (SSSR count). The zero-order chi connectivity index (χ0) is 13.4. The van der Waals surface area contributed by atoms with Crippen LogP contribution >= 0.6 is 0 Å². The predicted octanol–water partition coefficient (Wildman–Crippen LogP) is 2.04. The maximum atomic E-state index is 3.61. The molecule has 0 saturated carbocycles. The first-order valence-corrected chi connectivity index (χ1v) is 7.62. The quantitative estimate of drug-likeness (QED) is 0.716. The highest BCUT2D eigenvalue weighted by molar-refractivity contribution is 4.87. The lowest BCUT2D eigenvalue weighted by atomic mass is 9.76. The Kier molecular flexibility index (Phi) is 7.20. The van der Waals surface area contributed by atoms with Gasteiger partial charge in [0, 0.05) is 13.1 Å². The van der Waals surface area contributed by atoms with Gasteiger partial charge in [-0.3, -0.25) is 0 Å². The van der Waals surface area contributed by atoms with Crippen molar-refractivity contribution in [1.82, 2.24) is 15.1 Å². The molecule has 0 spiro atoms. The minimum absolute atomic E-state index is 0.542. The van der Waals surface area contributed by atoms with E-state index in [2.05, 4.69) is 43.2 Å². The fourth-order valence-corrected chi connectivity index (χ4v) is 3.30. The molecule has 1 fully saturated rings. The number of nitrogens with one attached hydrogen (secondary N) is 1. The minimum Gasteiger partial charge on any atom is -0.316 e. The van der Waals surface area contributed by atoms with Crippen molar-refractivity contribution in [2.45, 2.75) is 39.0 Å². The molecule has 1 unspecified atom stereocenters. The summed E-state index contributed by atoms with van der Waals surface area (Å²) in [5.41, 5.74) is 0.542. The highest BCUT2D eigenvalue weighted by atomic mass is 15.1. The first kappa shape index (κ1) is 15.9. The van der Waals surface area contributed by atoms with Crippen LogP contribution in [-0.2, 0) is 0 Å². The van der Waals surface area contributed by atoms with Crippen LogP contribution in [0.25, 0.3) is 0 Å². The molecule has 0 amide bonds. The number of hydrogen-bond donors (Lipinski definition) is 1. The molecule has 1 saturated heterocycles. The molecule has 0 aromatic carbocycles. The molecule has 0 aliphatic carbocycles. The third-order valence-corrected chi connectivity index (χ3v) is 4.09. The third-order valence-electron chi connectivity index (χ3n) is 4.09. The van der Waals surface area contributed by atoms with Crippen LogP contribution < -0.4 is 5.32 Å². The maximum Gasteiger partial charge on any atom is 0.00471 e. The molecule has 3 heteroatoms. The molecular formula is C15H33N3. The van der Waals surface area contributed by atoms with Gasteiger partial charge in [0.15, 0.2) is 0 Å². The fourth-order valence-electron chi connectivity index (χ4n) is 3.30. The molecule has 1 aliphatic heterocycles. The lowest BCUT2D eigenvalue weighted by molar-refractivity contribution is 0.120. The van der Waals surface area contributed by atoms with Crippen molar-refractivity contribution in [3.63, 3.8) is 0 Å². The summed E-state index contributed by atoms with van der Waals surface area (Å²) in [6, 6.07) is 0. The molecule has 1 aliphatic rings. The zero-order valence-electron chi connectivity index (χ0n) is 13.0. The van der Waals surface area contributed by atoms with Gasteiger partial charge in [-0.25, -0.2) is 0 Å². The van der Waals surface area contributed by atoms with Crippen molar-refractivity contribution in [3.8, 4) is 0 Å². The van der Waals surface area contributed by atoms with Crippen LogP contribution in [0.4, 0.5) is 0 Å². The van der Waals surface area contributed by atoms with Crippen LogP contribution in [0.3, 0.4) is 0 Å². The van der Waals surface area contributed by atoms with Gasteiger partial charge in [-0.2, -0.15) is 0 Å². The Morgan fingerprint density at radius 1 is 1.17 bits per heavy atom. The summed E-state index contributed by atoms with van der Waals surface area (Å²) in [4.78, 5) is 4.82. The molecule has 108 valence electrons. The van der Waals surface area contributed by atoms with Gasteiger partial charge < -0.3 is 15.1 Å². The largest absolute Gasteiger partial charge is 0.316 e. The molecule has 0 aromatic rings. The molecule has 1 heterocycles. The zero-order valence-corrected chi connectivity index (χ0v) is 13.0. The van der Waals surface area contributed by atoms with Crippen LogP contribution in [0.2, 0.25) is 0 Å². The summed E-state index contributed by atoms with van der Waals surface area (Å²) in [6.45, 7) is 8.45. The Balaban J connectivity index is 2.35. The SMILES string of the molecule is CCCC1(CN(C)CCCN(C)C)CCCNC1. The number of hydrogen-bond acceptors (Lipinski definition) is 3. The molecule has 1 N–H and O–H groups in total. The molecule has 0 radical (unpaired) electrons. The summed E-state index contributed by atoms with van der Waals surface area (Å²) < 4.78 is 0. The Labute approximate surface area is 114 Å². The van der Waals surface area contributed by atoms with E-state index in [1.54, 1.807) is 0 Å². The van der Waals surface area contributed by atoms with E-state index in [0.29, 0.717) is 5.41 Å². The van der Waals surface area contributed by atoms with E-state index in [4.69, 9.17) is 0 Å². The van der Waals surface area contributed by atoms with Crippen molar-refractivity contribution < 1.29 is 0 Å². The van der Waals surface area contributed by atoms with Gasteiger partial charge in [0.2, 0.25) is 0 Å². The number of rotatable bonds is 8. The van der Waals surface area contributed by atoms with Crippen molar-refractivity contribution in [3.05, 3.63) is 0 Å². The summed E-state index contributed by atoms with van der Waals surface area (Å²) in [7, 11) is 6.61. The summed E-state index contributed by atoms with van der Waals surface area (Å²) in [6.07, 6.45) is 6.72. The topological polar surface area (TPSA) is 18.5 Å². The molecule has 0 aromatic heterocycles. The number of piperidine rings is 1. The van der Waals surface area contributed by atoms with Gasteiger partial charge in [-0.15, -0.1) is 0 Å². The van der Waals surface area contributed by atoms with E-state index in [1.807, 2.05) is 0 Å². The number of nitrogens with zero attached hydrogens (tertiary/aromatic N) is 2. The predicted molar refractivity (Wildman–Crippen MR) is 80.1 cm³/mol. The first-order chi connectivity index (χ1) is 8.58. The van der Waals surface area contributed by atoms with Crippen LogP contribution in [0.1, 0.15) is 39.0 Å². The van der Waals surface area contributed by atoms with E-state index in [-0.39, 0.29) is 0 Å². The highest BCUT2D eigenvalue weighted by Gasteiger charge is 2.31. The second kappa shape index (κ2) is 8.13. The molecule has 0 bridgehead atoms. The van der Waals surface area contributed by atoms with E-state index in [9.17, 15) is 0 Å². The van der Waals surface area contributed by atoms with Crippen molar-refractivity contribution in [1.29, 1.82) is 0 Å². The molecule has 3 nitrogen and oxygen atoms in total. The van der Waals surface area contributed by atoms with Crippen LogP contribution in [0, 0.1) is 5.41 Å². The molecule has 1 atom stereocenters. The van der Waals surface area contributed by atoms with Crippen molar-refractivity contribution in [2.24, 2.45) is 5.41 Å². The fraction of sp³-hybridized carbons (Fsp3) is 1.00. The lowest BCUT2D eigenvalue weighted by Gasteiger charge is -2.40. The van der Waals surface area contributed by atoms with Gasteiger partial charge in [0.25, 0.3) is 0 Å². The van der Waals surface area contributed by atoms with E-state index in [1.165, 1.54) is 64.8 Å². The second-order valence-electron chi connectivity index (χ2n) is 6.42. The normalized spacial score (nSPS) is 25.0. The standard InChI is InChI=1S/C15H33N3/c1-5-8-15(9-6-10-16-13-15)14-18(4)12-7-11-17(2)3/h16H,5-14H2,1-4H3. The maximum absolute atomic E-state index is 3.61. The van der Waals surface area contributed by atoms with Crippen LogP contribution in [0.15, 0.2) is 0 Å². The summed E-state index contributed by atoms with van der Waals surface area (Å²) in [5, 5.41) is 3.61. The van der Waals surface area contributed by atoms with Crippen molar-refractivity contribution >= 4 is 0 Å².